The maximum absolute atomic E-state index is 13.4. The second-order valence-corrected chi connectivity index (χ2v) is 8.43. The topological polar surface area (TPSA) is 55.4 Å². The number of sulfonamides is 1. The molecule has 1 unspecified atom stereocenters. The molecule has 0 aliphatic carbocycles. The molecule has 0 saturated heterocycles. The van der Waals surface area contributed by atoms with Crippen LogP contribution >= 0.6 is 0 Å². The van der Waals surface area contributed by atoms with E-state index in [-0.39, 0.29) is 21.8 Å². The van der Waals surface area contributed by atoms with Crippen molar-refractivity contribution in [2.45, 2.75) is 44.1 Å². The predicted octanol–water partition coefficient (Wildman–Crippen LogP) is 4.92. The Bertz CT molecular complexity index is 975. The van der Waals surface area contributed by atoms with Crippen molar-refractivity contribution in [2.24, 2.45) is 0 Å². The zero-order chi connectivity index (χ0) is 22.9. The van der Waals surface area contributed by atoms with E-state index in [0.29, 0.717) is 12.1 Å². The third kappa shape index (κ3) is 5.88. The molecule has 0 fully saturated rings. The molecular formula is C19H19F6NO3S. The van der Waals surface area contributed by atoms with Gasteiger partial charge >= 0.3 is 12.4 Å². The Morgan fingerprint density at radius 3 is 1.87 bits per heavy atom. The molecular weight excluding hydrogens is 436 g/mol. The third-order valence-electron chi connectivity index (χ3n) is 4.16. The number of hydrogen-bond acceptors (Lipinski definition) is 3. The Morgan fingerprint density at radius 2 is 1.43 bits per heavy atom. The molecule has 0 amide bonds. The van der Waals surface area contributed by atoms with Crippen LogP contribution in [0.5, 0.6) is 5.75 Å². The minimum Gasteiger partial charge on any atom is -0.492 e. The molecule has 0 bridgehead atoms. The number of hydrogen-bond donors (Lipinski definition) is 1. The Balaban J connectivity index is 2.23. The van der Waals surface area contributed by atoms with Crippen molar-refractivity contribution in [3.05, 3.63) is 58.7 Å². The largest absolute Gasteiger partial charge is 0.492 e. The first kappa shape index (κ1) is 24.0. The molecule has 2 aromatic carbocycles. The van der Waals surface area contributed by atoms with Crippen LogP contribution in [0.2, 0.25) is 0 Å². The van der Waals surface area contributed by atoms with E-state index in [1.165, 1.54) is 26.0 Å². The van der Waals surface area contributed by atoms with Gasteiger partial charge in [0.05, 0.1) is 10.5 Å². The first-order valence-electron chi connectivity index (χ1n) is 8.58. The van der Waals surface area contributed by atoms with E-state index >= 15 is 0 Å². The van der Waals surface area contributed by atoms with Crippen LogP contribution in [-0.2, 0) is 16.2 Å². The number of alkyl halides is 6. The van der Waals surface area contributed by atoms with E-state index in [9.17, 15) is 34.8 Å². The number of rotatable bonds is 6. The summed E-state index contributed by atoms with van der Waals surface area (Å²) in [5, 5.41) is 0. The van der Waals surface area contributed by atoms with Gasteiger partial charge in [-0.2, -0.15) is 31.1 Å². The van der Waals surface area contributed by atoms with Gasteiger partial charge in [0.15, 0.2) is 6.04 Å². The summed E-state index contributed by atoms with van der Waals surface area (Å²) >= 11 is 0. The quantitative estimate of drug-likeness (QED) is 0.630. The van der Waals surface area contributed by atoms with Crippen LogP contribution in [0.15, 0.2) is 41.3 Å². The predicted molar refractivity (Wildman–Crippen MR) is 97.8 cm³/mol. The summed E-state index contributed by atoms with van der Waals surface area (Å²) in [7, 11) is -4.55. The van der Waals surface area contributed by atoms with E-state index in [1.807, 2.05) is 0 Å². The van der Waals surface area contributed by atoms with Crippen molar-refractivity contribution in [2.75, 3.05) is 6.61 Å². The molecule has 0 aromatic heterocycles. The van der Waals surface area contributed by atoms with E-state index in [2.05, 4.69) is 0 Å². The van der Waals surface area contributed by atoms with Crippen molar-refractivity contribution in [3.8, 4) is 5.75 Å². The van der Waals surface area contributed by atoms with Gasteiger partial charge in [-0.15, -0.1) is 0 Å². The lowest BCUT2D eigenvalue weighted by Gasteiger charge is -2.23. The van der Waals surface area contributed by atoms with E-state index in [1.54, 1.807) is 11.6 Å². The fourth-order valence-corrected chi connectivity index (χ4v) is 4.61. The summed E-state index contributed by atoms with van der Waals surface area (Å²) in [5.74, 6) is -0.265. The van der Waals surface area contributed by atoms with Crippen molar-refractivity contribution in [1.29, 1.82) is 0 Å². The van der Waals surface area contributed by atoms with Gasteiger partial charge in [-0.1, -0.05) is 17.7 Å². The summed E-state index contributed by atoms with van der Waals surface area (Å²) < 4.78 is 110. The zero-order valence-corrected chi connectivity index (χ0v) is 17.0. The fourth-order valence-electron chi connectivity index (χ4n) is 2.95. The molecule has 1 atom stereocenters. The van der Waals surface area contributed by atoms with Crippen molar-refractivity contribution in [3.63, 3.8) is 0 Å². The Kier molecular flexibility index (Phi) is 6.77. The lowest BCUT2D eigenvalue weighted by Crippen LogP contribution is -2.49. The minimum atomic E-state index is -4.99. The summed E-state index contributed by atoms with van der Waals surface area (Å²) in [6.07, 6.45) is -9.60. The number of aryl methyl sites for hydroxylation is 3. The van der Waals surface area contributed by atoms with Gasteiger partial charge in [-0.3, -0.25) is 0 Å². The number of halogens is 6. The van der Waals surface area contributed by atoms with Crippen LogP contribution in [0.4, 0.5) is 26.3 Å². The van der Waals surface area contributed by atoms with Gasteiger partial charge < -0.3 is 4.74 Å². The van der Waals surface area contributed by atoms with Crippen molar-refractivity contribution < 1.29 is 39.5 Å². The maximum Gasteiger partial charge on any atom is 0.416 e. The highest BCUT2D eigenvalue weighted by Crippen LogP contribution is 2.31. The summed E-state index contributed by atoms with van der Waals surface area (Å²) in [6, 6.07) is 3.48. The molecule has 0 spiro atoms. The lowest BCUT2D eigenvalue weighted by molar-refractivity contribution is -0.157. The molecule has 30 heavy (non-hydrogen) atoms. The highest BCUT2D eigenvalue weighted by Gasteiger charge is 2.43. The normalized spacial score (nSPS) is 13.9. The van der Waals surface area contributed by atoms with Gasteiger partial charge in [0.1, 0.15) is 12.4 Å². The number of benzene rings is 2. The Hall–Kier alpha value is -2.27. The summed E-state index contributed by atoms with van der Waals surface area (Å²) in [4.78, 5) is -0.267. The first-order valence-corrected chi connectivity index (χ1v) is 10.1. The van der Waals surface area contributed by atoms with Crippen LogP contribution in [0.25, 0.3) is 0 Å². The Labute approximate surface area is 169 Å². The number of ether oxygens (including phenoxy) is 1. The van der Waals surface area contributed by atoms with E-state index in [4.69, 9.17) is 4.74 Å². The molecule has 2 aromatic rings. The highest BCUT2D eigenvalue weighted by atomic mass is 32.2. The first-order chi connectivity index (χ1) is 13.6. The van der Waals surface area contributed by atoms with Crippen LogP contribution < -0.4 is 9.46 Å². The molecule has 11 heteroatoms. The molecule has 1 N–H and O–H groups in total. The second kappa shape index (κ2) is 8.46. The smallest absolute Gasteiger partial charge is 0.416 e. The summed E-state index contributed by atoms with van der Waals surface area (Å²) in [6.45, 7) is 3.50. The van der Waals surface area contributed by atoms with E-state index in [0.717, 1.165) is 17.7 Å². The minimum absolute atomic E-state index is 0.265. The Morgan fingerprint density at radius 1 is 0.933 bits per heavy atom. The zero-order valence-electron chi connectivity index (χ0n) is 16.1. The number of nitrogens with one attached hydrogen (secondary N) is 1. The average molecular weight is 455 g/mol. The monoisotopic (exact) mass is 455 g/mol. The highest BCUT2D eigenvalue weighted by molar-refractivity contribution is 7.89. The van der Waals surface area contributed by atoms with Crippen molar-refractivity contribution in [1.82, 2.24) is 4.72 Å². The van der Waals surface area contributed by atoms with Gasteiger partial charge in [-0.25, -0.2) is 8.42 Å². The maximum atomic E-state index is 13.4. The SMILES string of the molecule is Cc1cc(C)c(S(=O)(=O)NC(COc2ccc(C(F)(F)F)cc2)C(F)(F)F)c(C)c1. The third-order valence-corrected chi connectivity index (χ3v) is 5.94. The van der Waals surface area contributed by atoms with E-state index < -0.39 is 40.6 Å². The molecule has 0 radical (unpaired) electrons. The average Bonchev–Trinajstić information content (AvgIpc) is 2.56. The van der Waals surface area contributed by atoms with Gasteiger partial charge in [-0.05, 0) is 56.2 Å². The second-order valence-electron chi connectivity index (χ2n) is 6.78. The van der Waals surface area contributed by atoms with Crippen LogP contribution in [-0.4, -0.2) is 27.2 Å². The molecule has 0 heterocycles. The fraction of sp³-hybridized carbons (Fsp3) is 0.368. The van der Waals surface area contributed by atoms with Gasteiger partial charge in [0, 0.05) is 0 Å². The summed E-state index contributed by atoms with van der Waals surface area (Å²) in [5.41, 5.74) is 0.323. The van der Waals surface area contributed by atoms with Gasteiger partial charge in [0.25, 0.3) is 0 Å². The molecule has 4 nitrogen and oxygen atoms in total. The van der Waals surface area contributed by atoms with Crippen LogP contribution in [0, 0.1) is 20.8 Å². The molecule has 166 valence electrons. The molecule has 2 rings (SSSR count). The molecule has 0 aliphatic rings. The van der Waals surface area contributed by atoms with Crippen LogP contribution in [0.1, 0.15) is 22.3 Å². The molecule has 0 aliphatic heterocycles. The lowest BCUT2D eigenvalue weighted by atomic mass is 10.1. The standard InChI is InChI=1S/C19H19F6NO3S/c1-11-8-12(2)17(13(3)9-11)30(27,28)26-16(19(23,24)25)10-29-15-6-4-14(5-7-15)18(20,21)22/h4-9,16,26H,10H2,1-3H3. The van der Waals surface area contributed by atoms with Gasteiger partial charge in [0.2, 0.25) is 10.0 Å². The van der Waals surface area contributed by atoms with Crippen LogP contribution in [0.3, 0.4) is 0 Å². The molecule has 0 saturated carbocycles. The van der Waals surface area contributed by atoms with Crippen molar-refractivity contribution >= 4 is 10.0 Å².